The van der Waals surface area contributed by atoms with E-state index in [1.807, 2.05) is 0 Å². The zero-order chi connectivity index (χ0) is 10.3. The fraction of sp³-hybridized carbons (Fsp3) is 0.286. The summed E-state index contributed by atoms with van der Waals surface area (Å²) in [6.07, 6.45) is 8.90. The summed E-state index contributed by atoms with van der Waals surface area (Å²) in [5.41, 5.74) is 10.4. The molecule has 3 rings (SSSR count). The Morgan fingerprint density at radius 1 is 1.20 bits per heavy atom. The summed E-state index contributed by atoms with van der Waals surface area (Å²) >= 11 is 0. The number of rotatable bonds is 0. The number of benzene rings is 1. The summed E-state index contributed by atoms with van der Waals surface area (Å²) in [5, 5.41) is 0. The van der Waals surface area contributed by atoms with Crippen molar-refractivity contribution in [2.45, 2.75) is 18.9 Å². The smallest absolute Gasteiger partial charge is 0.0306 e. The quantitative estimate of drug-likeness (QED) is 0.679. The number of hydrogen-bond donors (Lipinski definition) is 1. The molecule has 2 aliphatic rings. The molecule has 0 fully saturated rings. The molecule has 0 radical (unpaired) electrons. The van der Waals surface area contributed by atoms with Crippen LogP contribution in [0.4, 0.5) is 0 Å². The summed E-state index contributed by atoms with van der Waals surface area (Å²) in [5.74, 6) is 0.639. The first-order valence-electron chi connectivity index (χ1n) is 5.58. The van der Waals surface area contributed by atoms with Crippen molar-refractivity contribution < 1.29 is 0 Å². The van der Waals surface area contributed by atoms with Crippen LogP contribution in [0, 0.1) is 5.92 Å². The van der Waals surface area contributed by atoms with Gasteiger partial charge in [-0.15, -0.1) is 0 Å². The molecule has 0 spiro atoms. The highest BCUT2D eigenvalue weighted by Gasteiger charge is 2.28. The molecule has 0 bridgehead atoms. The standard InChI is InChI=1S/C14H15N/c15-14-9-10-5-1-2-6-11(10)12-7-3-4-8-13(12)14/h1-4,6-8,10,14H,5,9,15H2. The Balaban J connectivity index is 2.17. The van der Waals surface area contributed by atoms with Crippen molar-refractivity contribution in [3.8, 4) is 0 Å². The molecule has 0 heterocycles. The first kappa shape index (κ1) is 8.93. The fourth-order valence-corrected chi connectivity index (χ4v) is 2.73. The minimum atomic E-state index is 0.217. The Labute approximate surface area is 90.3 Å². The highest BCUT2D eigenvalue weighted by molar-refractivity contribution is 5.74. The van der Waals surface area contributed by atoms with Gasteiger partial charge in [-0.3, -0.25) is 0 Å². The van der Waals surface area contributed by atoms with Crippen LogP contribution in [0.15, 0.2) is 42.5 Å². The Morgan fingerprint density at radius 2 is 2.07 bits per heavy atom. The van der Waals surface area contributed by atoms with Gasteiger partial charge in [-0.25, -0.2) is 0 Å². The average Bonchev–Trinajstić information content (AvgIpc) is 2.30. The Hall–Kier alpha value is -1.34. The van der Waals surface area contributed by atoms with Crippen LogP contribution in [-0.2, 0) is 0 Å². The van der Waals surface area contributed by atoms with Gasteiger partial charge in [-0.1, -0.05) is 42.5 Å². The molecular weight excluding hydrogens is 182 g/mol. The first-order chi connectivity index (χ1) is 7.36. The molecular formula is C14H15N. The monoisotopic (exact) mass is 197 g/mol. The predicted octanol–water partition coefficient (Wildman–Crippen LogP) is 3.05. The highest BCUT2D eigenvalue weighted by atomic mass is 14.6. The van der Waals surface area contributed by atoms with E-state index in [0.717, 1.165) is 12.8 Å². The maximum Gasteiger partial charge on any atom is 0.0306 e. The fourth-order valence-electron chi connectivity index (χ4n) is 2.73. The second-order valence-electron chi connectivity index (χ2n) is 4.41. The van der Waals surface area contributed by atoms with Gasteiger partial charge in [0.1, 0.15) is 0 Å². The lowest BCUT2D eigenvalue weighted by Gasteiger charge is -2.32. The van der Waals surface area contributed by atoms with Crippen LogP contribution in [0.1, 0.15) is 30.0 Å². The van der Waals surface area contributed by atoms with Gasteiger partial charge in [-0.05, 0) is 35.5 Å². The van der Waals surface area contributed by atoms with E-state index in [0.29, 0.717) is 5.92 Å². The van der Waals surface area contributed by atoms with Crippen LogP contribution in [-0.4, -0.2) is 0 Å². The lowest BCUT2D eigenvalue weighted by molar-refractivity contribution is 0.511. The van der Waals surface area contributed by atoms with E-state index in [4.69, 9.17) is 5.73 Å². The third-order valence-electron chi connectivity index (χ3n) is 3.48. The minimum absolute atomic E-state index is 0.217. The molecule has 2 unspecified atom stereocenters. The molecule has 2 N–H and O–H groups in total. The molecule has 0 amide bonds. The van der Waals surface area contributed by atoms with E-state index in [-0.39, 0.29) is 6.04 Å². The van der Waals surface area contributed by atoms with Crippen LogP contribution in [0.3, 0.4) is 0 Å². The maximum atomic E-state index is 6.20. The summed E-state index contributed by atoms with van der Waals surface area (Å²) < 4.78 is 0. The molecule has 76 valence electrons. The Bertz CT molecular complexity index is 442. The summed E-state index contributed by atoms with van der Waals surface area (Å²) in [4.78, 5) is 0. The van der Waals surface area contributed by atoms with E-state index in [2.05, 4.69) is 42.5 Å². The molecule has 1 aromatic carbocycles. The molecule has 0 aliphatic heterocycles. The molecule has 1 nitrogen and oxygen atoms in total. The Kier molecular flexibility index (Phi) is 2.00. The summed E-state index contributed by atoms with van der Waals surface area (Å²) in [7, 11) is 0. The van der Waals surface area contributed by atoms with Crippen molar-refractivity contribution in [1.29, 1.82) is 0 Å². The van der Waals surface area contributed by atoms with E-state index >= 15 is 0 Å². The average molecular weight is 197 g/mol. The summed E-state index contributed by atoms with van der Waals surface area (Å²) in [6.45, 7) is 0. The third-order valence-corrected chi connectivity index (χ3v) is 3.48. The molecule has 2 aliphatic carbocycles. The van der Waals surface area contributed by atoms with Gasteiger partial charge < -0.3 is 5.73 Å². The minimum Gasteiger partial charge on any atom is -0.324 e. The molecule has 15 heavy (non-hydrogen) atoms. The zero-order valence-corrected chi connectivity index (χ0v) is 8.69. The van der Waals surface area contributed by atoms with Gasteiger partial charge in [0.2, 0.25) is 0 Å². The number of nitrogens with two attached hydrogens (primary N) is 1. The first-order valence-corrected chi connectivity index (χ1v) is 5.58. The van der Waals surface area contributed by atoms with Gasteiger partial charge in [0, 0.05) is 6.04 Å². The van der Waals surface area contributed by atoms with Gasteiger partial charge in [0.25, 0.3) is 0 Å². The third kappa shape index (κ3) is 1.35. The van der Waals surface area contributed by atoms with Crippen LogP contribution in [0.5, 0.6) is 0 Å². The predicted molar refractivity (Wildman–Crippen MR) is 63.2 cm³/mol. The van der Waals surface area contributed by atoms with Crippen LogP contribution < -0.4 is 5.73 Å². The van der Waals surface area contributed by atoms with Gasteiger partial charge in [0.15, 0.2) is 0 Å². The van der Waals surface area contributed by atoms with E-state index in [1.165, 1.54) is 16.7 Å². The van der Waals surface area contributed by atoms with Crippen molar-refractivity contribution >= 4 is 5.57 Å². The number of hydrogen-bond acceptors (Lipinski definition) is 1. The van der Waals surface area contributed by atoms with Gasteiger partial charge in [-0.2, -0.15) is 0 Å². The van der Waals surface area contributed by atoms with Gasteiger partial charge >= 0.3 is 0 Å². The van der Waals surface area contributed by atoms with Crippen molar-refractivity contribution in [2.75, 3.05) is 0 Å². The molecule has 0 saturated heterocycles. The van der Waals surface area contributed by atoms with Crippen molar-refractivity contribution in [1.82, 2.24) is 0 Å². The van der Waals surface area contributed by atoms with E-state index < -0.39 is 0 Å². The van der Waals surface area contributed by atoms with Crippen LogP contribution in [0.25, 0.3) is 5.57 Å². The van der Waals surface area contributed by atoms with Gasteiger partial charge in [0.05, 0.1) is 0 Å². The highest BCUT2D eigenvalue weighted by Crippen LogP contribution is 2.42. The van der Waals surface area contributed by atoms with Crippen molar-refractivity contribution in [3.63, 3.8) is 0 Å². The Morgan fingerprint density at radius 3 is 3.00 bits per heavy atom. The zero-order valence-electron chi connectivity index (χ0n) is 8.69. The molecule has 0 saturated carbocycles. The number of fused-ring (bicyclic) bond motifs is 3. The second-order valence-corrected chi connectivity index (χ2v) is 4.41. The number of allylic oxidation sites excluding steroid dienone is 4. The topological polar surface area (TPSA) is 26.0 Å². The van der Waals surface area contributed by atoms with Crippen LogP contribution in [0.2, 0.25) is 0 Å². The largest absolute Gasteiger partial charge is 0.324 e. The SMILES string of the molecule is NC1CC2CC=CC=C2c2ccccc21. The summed E-state index contributed by atoms with van der Waals surface area (Å²) in [6, 6.07) is 8.77. The van der Waals surface area contributed by atoms with E-state index in [9.17, 15) is 0 Å². The van der Waals surface area contributed by atoms with E-state index in [1.54, 1.807) is 0 Å². The normalized spacial score (nSPS) is 27.9. The molecule has 0 aromatic heterocycles. The molecule has 1 heteroatoms. The maximum absolute atomic E-state index is 6.20. The van der Waals surface area contributed by atoms with Crippen molar-refractivity contribution in [3.05, 3.63) is 53.6 Å². The molecule has 2 atom stereocenters. The van der Waals surface area contributed by atoms with Crippen molar-refractivity contribution in [2.24, 2.45) is 11.7 Å². The molecule has 1 aromatic rings. The van der Waals surface area contributed by atoms with Crippen LogP contribution >= 0.6 is 0 Å². The lowest BCUT2D eigenvalue weighted by Crippen LogP contribution is -2.23. The second kappa shape index (κ2) is 3.35. The lowest BCUT2D eigenvalue weighted by atomic mass is 9.74.